The zero-order valence-corrected chi connectivity index (χ0v) is 24.2. The van der Waals surface area contributed by atoms with Crippen LogP contribution < -0.4 is 10.6 Å². The third kappa shape index (κ3) is 7.40. The number of hydrogen-bond donors (Lipinski definition) is 2. The molecule has 1 aliphatic rings. The summed E-state index contributed by atoms with van der Waals surface area (Å²) in [5.41, 5.74) is 0.286. The molecule has 1 fully saturated rings. The van der Waals surface area contributed by atoms with Gasteiger partial charge < -0.3 is 20.3 Å². The molecule has 0 unspecified atom stereocenters. The van der Waals surface area contributed by atoms with Crippen molar-refractivity contribution in [3.8, 4) is 0 Å². The van der Waals surface area contributed by atoms with Crippen molar-refractivity contribution in [2.24, 2.45) is 0 Å². The van der Waals surface area contributed by atoms with Crippen molar-refractivity contribution in [2.45, 2.75) is 77.0 Å². The summed E-state index contributed by atoms with van der Waals surface area (Å²) in [5.74, 6) is -0.148. The van der Waals surface area contributed by atoms with Gasteiger partial charge in [0.15, 0.2) is 0 Å². The van der Waals surface area contributed by atoms with Crippen LogP contribution in [0.5, 0.6) is 0 Å². The summed E-state index contributed by atoms with van der Waals surface area (Å²) in [6.45, 7) is 9.76. The summed E-state index contributed by atoms with van der Waals surface area (Å²) in [5, 5.41) is 7.76. The van der Waals surface area contributed by atoms with Gasteiger partial charge in [0.2, 0.25) is 11.8 Å². The van der Waals surface area contributed by atoms with Gasteiger partial charge in [-0.05, 0) is 75.3 Å². The van der Waals surface area contributed by atoms with Crippen LogP contribution in [0.1, 0.15) is 64.5 Å². The SMILES string of the molecule is CC(C)(C)OC(=O)NC(C)(C)C(=O)N[C@H](Cc1cccc2ccccc12)C(=O)N1CCC(c2ccccc2)CC1. The lowest BCUT2D eigenvalue weighted by Gasteiger charge is -2.36. The predicted molar refractivity (Wildman–Crippen MR) is 158 cm³/mol. The monoisotopic (exact) mass is 543 g/mol. The number of rotatable bonds is 7. The summed E-state index contributed by atoms with van der Waals surface area (Å²) in [6.07, 6.45) is 1.40. The molecule has 0 bridgehead atoms. The molecule has 3 aromatic rings. The fraction of sp³-hybridized carbons (Fsp3) is 0.424. The van der Waals surface area contributed by atoms with E-state index in [2.05, 4.69) is 34.9 Å². The maximum Gasteiger partial charge on any atom is 0.408 e. The highest BCUT2D eigenvalue weighted by molar-refractivity contribution is 5.94. The summed E-state index contributed by atoms with van der Waals surface area (Å²) in [6, 6.07) is 23.7. The van der Waals surface area contributed by atoms with Crippen LogP contribution in [0.25, 0.3) is 10.8 Å². The first-order chi connectivity index (χ1) is 18.9. The third-order valence-corrected chi connectivity index (χ3v) is 7.37. The number of piperidine rings is 1. The number of benzene rings is 3. The van der Waals surface area contributed by atoms with Crippen LogP contribution in [0.2, 0.25) is 0 Å². The van der Waals surface area contributed by atoms with Gasteiger partial charge in [-0.1, -0.05) is 72.8 Å². The van der Waals surface area contributed by atoms with Gasteiger partial charge in [-0.15, -0.1) is 0 Å². The van der Waals surface area contributed by atoms with E-state index in [0.29, 0.717) is 25.4 Å². The average Bonchev–Trinajstić information content (AvgIpc) is 2.91. The van der Waals surface area contributed by atoms with Crippen LogP contribution in [0.15, 0.2) is 72.8 Å². The van der Waals surface area contributed by atoms with Gasteiger partial charge in [0, 0.05) is 19.5 Å². The highest BCUT2D eigenvalue weighted by Gasteiger charge is 2.36. The van der Waals surface area contributed by atoms with E-state index >= 15 is 0 Å². The van der Waals surface area contributed by atoms with Gasteiger partial charge in [0.05, 0.1) is 0 Å². The molecule has 1 atom stereocenters. The number of alkyl carbamates (subject to hydrolysis) is 1. The molecule has 3 aromatic carbocycles. The summed E-state index contributed by atoms with van der Waals surface area (Å²) in [4.78, 5) is 41.8. The van der Waals surface area contributed by atoms with Crippen molar-refractivity contribution < 1.29 is 19.1 Å². The Morgan fingerprint density at radius 2 is 1.50 bits per heavy atom. The van der Waals surface area contributed by atoms with E-state index in [-0.39, 0.29) is 5.91 Å². The number of carbonyl (C=O) groups excluding carboxylic acids is 3. The zero-order valence-electron chi connectivity index (χ0n) is 24.2. The Bertz CT molecular complexity index is 1330. The Hall–Kier alpha value is -3.87. The Morgan fingerprint density at radius 1 is 0.875 bits per heavy atom. The van der Waals surface area contributed by atoms with Gasteiger partial charge in [-0.2, -0.15) is 0 Å². The maximum absolute atomic E-state index is 14.0. The second kappa shape index (κ2) is 12.1. The average molecular weight is 544 g/mol. The first kappa shape index (κ1) is 29.1. The molecule has 3 amide bonds. The van der Waals surface area contributed by atoms with Gasteiger partial charge in [-0.25, -0.2) is 4.79 Å². The molecule has 0 saturated carbocycles. The van der Waals surface area contributed by atoms with Gasteiger partial charge >= 0.3 is 6.09 Å². The second-order valence-electron chi connectivity index (χ2n) is 12.1. The molecule has 212 valence electrons. The molecule has 2 N–H and O–H groups in total. The number of carbonyl (C=O) groups is 3. The van der Waals surface area contributed by atoms with Crippen LogP contribution in [-0.2, 0) is 20.7 Å². The molecule has 1 saturated heterocycles. The van der Waals surface area contributed by atoms with Gasteiger partial charge in [-0.3, -0.25) is 9.59 Å². The summed E-state index contributed by atoms with van der Waals surface area (Å²) < 4.78 is 5.36. The minimum atomic E-state index is -1.29. The molecule has 1 heterocycles. The number of amides is 3. The lowest BCUT2D eigenvalue weighted by molar-refractivity contribution is -0.138. The van der Waals surface area contributed by atoms with Gasteiger partial charge in [0.1, 0.15) is 17.2 Å². The molecular formula is C33H41N3O4. The van der Waals surface area contributed by atoms with E-state index in [0.717, 1.165) is 29.2 Å². The number of hydrogen-bond acceptors (Lipinski definition) is 4. The highest BCUT2D eigenvalue weighted by Crippen LogP contribution is 2.28. The number of ether oxygens (including phenoxy) is 1. The number of nitrogens with zero attached hydrogens (tertiary/aromatic N) is 1. The molecule has 40 heavy (non-hydrogen) atoms. The number of nitrogens with one attached hydrogen (secondary N) is 2. The Balaban J connectivity index is 1.53. The van der Waals surface area contributed by atoms with Crippen LogP contribution >= 0.6 is 0 Å². The lowest BCUT2D eigenvalue weighted by Crippen LogP contribution is -2.60. The summed E-state index contributed by atoms with van der Waals surface area (Å²) in [7, 11) is 0. The molecular weight excluding hydrogens is 502 g/mol. The van der Waals surface area contributed by atoms with E-state index < -0.39 is 29.2 Å². The van der Waals surface area contributed by atoms with Crippen LogP contribution in [0.4, 0.5) is 4.79 Å². The molecule has 7 nitrogen and oxygen atoms in total. The van der Waals surface area contributed by atoms with Crippen molar-refractivity contribution in [3.63, 3.8) is 0 Å². The van der Waals surface area contributed by atoms with E-state index in [1.54, 1.807) is 34.6 Å². The topological polar surface area (TPSA) is 87.7 Å². The quantitative estimate of drug-likeness (QED) is 0.408. The van der Waals surface area contributed by atoms with Gasteiger partial charge in [0.25, 0.3) is 0 Å². The molecule has 0 spiro atoms. The highest BCUT2D eigenvalue weighted by atomic mass is 16.6. The lowest BCUT2D eigenvalue weighted by atomic mass is 9.89. The van der Waals surface area contributed by atoms with Crippen molar-refractivity contribution in [3.05, 3.63) is 83.9 Å². The Kier molecular flexibility index (Phi) is 8.82. The molecule has 0 aromatic heterocycles. The third-order valence-electron chi connectivity index (χ3n) is 7.37. The Morgan fingerprint density at radius 3 is 2.17 bits per heavy atom. The van der Waals surface area contributed by atoms with E-state index in [9.17, 15) is 14.4 Å². The molecule has 4 rings (SSSR count). The molecule has 0 aliphatic carbocycles. The maximum atomic E-state index is 14.0. The van der Waals surface area contributed by atoms with Crippen LogP contribution in [0, 0.1) is 0 Å². The number of likely N-dealkylation sites (tertiary alicyclic amines) is 1. The fourth-order valence-corrected chi connectivity index (χ4v) is 5.22. The summed E-state index contributed by atoms with van der Waals surface area (Å²) >= 11 is 0. The molecule has 0 radical (unpaired) electrons. The van der Waals surface area contributed by atoms with Crippen LogP contribution in [0.3, 0.4) is 0 Å². The van der Waals surface area contributed by atoms with Crippen molar-refractivity contribution in [1.82, 2.24) is 15.5 Å². The molecule has 1 aliphatic heterocycles. The zero-order chi connectivity index (χ0) is 28.9. The van der Waals surface area contributed by atoms with Crippen LogP contribution in [-0.4, -0.2) is 53.1 Å². The minimum absolute atomic E-state index is 0.110. The van der Waals surface area contributed by atoms with E-state index in [1.807, 2.05) is 53.4 Å². The first-order valence-electron chi connectivity index (χ1n) is 14.1. The fourth-order valence-electron chi connectivity index (χ4n) is 5.22. The predicted octanol–water partition coefficient (Wildman–Crippen LogP) is 5.58. The Labute approximate surface area is 237 Å². The van der Waals surface area contributed by atoms with E-state index in [1.165, 1.54) is 5.56 Å². The largest absolute Gasteiger partial charge is 0.444 e. The van der Waals surface area contributed by atoms with Crippen molar-refractivity contribution in [1.29, 1.82) is 0 Å². The second-order valence-corrected chi connectivity index (χ2v) is 12.1. The standard InChI is InChI=1S/C33H41N3O4/c1-32(2,3)40-31(39)35-33(4,5)30(38)34-28(22-26-16-11-15-25-14-9-10-17-27(25)26)29(37)36-20-18-24(19-21-36)23-12-7-6-8-13-23/h6-17,24,28H,18-22H2,1-5H3,(H,34,38)(H,35,39)/t28-/m1/s1. The molecule has 7 heteroatoms. The van der Waals surface area contributed by atoms with E-state index in [4.69, 9.17) is 4.74 Å². The smallest absolute Gasteiger partial charge is 0.408 e. The van der Waals surface area contributed by atoms with Crippen molar-refractivity contribution >= 4 is 28.7 Å². The number of fused-ring (bicyclic) bond motifs is 1. The minimum Gasteiger partial charge on any atom is -0.444 e. The normalized spacial score (nSPS) is 15.4. The first-order valence-corrected chi connectivity index (χ1v) is 14.1. The van der Waals surface area contributed by atoms with Crippen molar-refractivity contribution in [2.75, 3.05) is 13.1 Å².